The predicted octanol–water partition coefficient (Wildman–Crippen LogP) is 2.84. The van der Waals surface area contributed by atoms with Crippen LogP contribution < -0.4 is 0 Å². The number of hydrogen-bond acceptors (Lipinski definition) is 5. The number of amides is 1. The predicted molar refractivity (Wildman–Crippen MR) is 104 cm³/mol. The standard InChI is InChI=1S/C21H20N4O3/c1-24(13-19-10-17-4-2-3-5-20(17)28-19)21(27)16-8-6-15(7-9-16)11-25-12-18(14-26)22-23-25/h2-10,12,26H,11,13-14H2,1H3. The topological polar surface area (TPSA) is 84.4 Å². The summed E-state index contributed by atoms with van der Waals surface area (Å²) in [5.74, 6) is 0.676. The van der Waals surface area contributed by atoms with Crippen molar-refractivity contribution in [3.63, 3.8) is 0 Å². The maximum Gasteiger partial charge on any atom is 0.254 e. The quantitative estimate of drug-likeness (QED) is 0.559. The van der Waals surface area contributed by atoms with Crippen molar-refractivity contribution in [1.29, 1.82) is 0 Å². The third kappa shape index (κ3) is 3.79. The highest BCUT2D eigenvalue weighted by Crippen LogP contribution is 2.20. The van der Waals surface area contributed by atoms with Crippen LogP contribution in [0.1, 0.15) is 27.4 Å². The van der Waals surface area contributed by atoms with E-state index >= 15 is 0 Å². The van der Waals surface area contributed by atoms with Gasteiger partial charge in [-0.2, -0.15) is 0 Å². The van der Waals surface area contributed by atoms with Gasteiger partial charge in [0.05, 0.1) is 25.9 Å². The molecule has 4 rings (SSSR count). The zero-order valence-corrected chi connectivity index (χ0v) is 15.4. The van der Waals surface area contributed by atoms with Crippen LogP contribution >= 0.6 is 0 Å². The van der Waals surface area contributed by atoms with Gasteiger partial charge in [0.25, 0.3) is 5.91 Å². The lowest BCUT2D eigenvalue weighted by atomic mass is 10.1. The highest BCUT2D eigenvalue weighted by Gasteiger charge is 2.14. The fourth-order valence-electron chi connectivity index (χ4n) is 3.07. The second kappa shape index (κ2) is 7.66. The smallest absolute Gasteiger partial charge is 0.254 e. The molecule has 0 aliphatic heterocycles. The van der Waals surface area contributed by atoms with Crippen LogP contribution in [0.4, 0.5) is 0 Å². The summed E-state index contributed by atoms with van der Waals surface area (Å²) < 4.78 is 7.44. The molecule has 7 nitrogen and oxygen atoms in total. The second-order valence-electron chi connectivity index (χ2n) is 6.67. The largest absolute Gasteiger partial charge is 0.459 e. The molecule has 0 aliphatic rings. The monoisotopic (exact) mass is 376 g/mol. The molecule has 2 aromatic carbocycles. The Morgan fingerprint density at radius 1 is 1.18 bits per heavy atom. The van der Waals surface area contributed by atoms with Gasteiger partial charge in [-0.15, -0.1) is 5.10 Å². The molecule has 0 bridgehead atoms. The number of carbonyl (C=O) groups is 1. The first kappa shape index (κ1) is 17.9. The average molecular weight is 376 g/mol. The number of hydrogen-bond donors (Lipinski definition) is 1. The molecule has 0 unspecified atom stereocenters. The number of fused-ring (bicyclic) bond motifs is 1. The molecule has 0 saturated heterocycles. The Balaban J connectivity index is 1.41. The maximum atomic E-state index is 12.7. The first-order valence-corrected chi connectivity index (χ1v) is 8.94. The normalized spacial score (nSPS) is 11.1. The SMILES string of the molecule is CN(Cc1cc2ccccc2o1)C(=O)c1ccc(Cn2cc(CO)nn2)cc1. The Bertz CT molecular complexity index is 1070. The van der Waals surface area contributed by atoms with Gasteiger partial charge in [0.2, 0.25) is 0 Å². The summed E-state index contributed by atoms with van der Waals surface area (Å²) in [6.45, 7) is 0.791. The minimum Gasteiger partial charge on any atom is -0.459 e. The van der Waals surface area contributed by atoms with Crippen LogP contribution in [0, 0.1) is 0 Å². The van der Waals surface area contributed by atoms with Gasteiger partial charge < -0.3 is 14.4 Å². The Morgan fingerprint density at radius 2 is 1.96 bits per heavy atom. The first-order chi connectivity index (χ1) is 13.6. The fraction of sp³-hybridized carbons (Fsp3) is 0.190. The van der Waals surface area contributed by atoms with Crippen molar-refractivity contribution in [2.45, 2.75) is 19.7 Å². The Kier molecular flexibility index (Phi) is 4.90. The van der Waals surface area contributed by atoms with Crippen LogP contribution in [0.15, 0.2) is 65.2 Å². The minimum absolute atomic E-state index is 0.0738. The summed E-state index contributed by atoms with van der Waals surface area (Å²) in [6.07, 6.45) is 1.69. The molecular weight excluding hydrogens is 356 g/mol. The van der Waals surface area contributed by atoms with Gasteiger partial charge in [0.1, 0.15) is 17.0 Å². The van der Waals surface area contributed by atoms with E-state index in [0.717, 1.165) is 22.3 Å². The van der Waals surface area contributed by atoms with Crippen molar-refractivity contribution in [3.8, 4) is 0 Å². The highest BCUT2D eigenvalue weighted by atomic mass is 16.3. The Hall–Kier alpha value is -3.45. The number of nitrogens with zero attached hydrogens (tertiary/aromatic N) is 4. The number of para-hydroxylation sites is 1. The van der Waals surface area contributed by atoms with Crippen LogP contribution in [-0.4, -0.2) is 38.0 Å². The summed E-state index contributed by atoms with van der Waals surface area (Å²) >= 11 is 0. The van der Waals surface area contributed by atoms with E-state index < -0.39 is 0 Å². The number of aromatic nitrogens is 3. The molecule has 142 valence electrons. The van der Waals surface area contributed by atoms with Gasteiger partial charge in [0, 0.05) is 18.0 Å². The number of aliphatic hydroxyl groups excluding tert-OH is 1. The molecule has 28 heavy (non-hydrogen) atoms. The summed E-state index contributed by atoms with van der Waals surface area (Å²) in [5, 5.41) is 17.9. The van der Waals surface area contributed by atoms with Crippen molar-refractivity contribution in [2.24, 2.45) is 0 Å². The number of aliphatic hydroxyl groups is 1. The van der Waals surface area contributed by atoms with Gasteiger partial charge >= 0.3 is 0 Å². The van der Waals surface area contributed by atoms with Gasteiger partial charge in [-0.05, 0) is 29.8 Å². The average Bonchev–Trinajstić information content (AvgIpc) is 3.33. The molecule has 0 aliphatic carbocycles. The summed E-state index contributed by atoms with van der Waals surface area (Å²) in [4.78, 5) is 14.3. The number of furan rings is 1. The van der Waals surface area contributed by atoms with E-state index in [1.165, 1.54) is 0 Å². The van der Waals surface area contributed by atoms with Crippen molar-refractivity contribution in [2.75, 3.05) is 7.05 Å². The third-order valence-electron chi connectivity index (χ3n) is 4.51. The van der Waals surface area contributed by atoms with E-state index in [9.17, 15) is 4.79 Å². The second-order valence-corrected chi connectivity index (χ2v) is 6.67. The molecule has 2 aromatic heterocycles. The van der Waals surface area contributed by atoms with E-state index in [1.807, 2.05) is 42.5 Å². The fourth-order valence-corrected chi connectivity index (χ4v) is 3.07. The molecule has 4 aromatic rings. The van der Waals surface area contributed by atoms with Crippen molar-refractivity contribution in [1.82, 2.24) is 19.9 Å². The maximum absolute atomic E-state index is 12.7. The summed E-state index contributed by atoms with van der Waals surface area (Å²) in [6, 6.07) is 17.1. The van der Waals surface area contributed by atoms with Gasteiger partial charge in [-0.25, -0.2) is 4.68 Å². The molecule has 0 spiro atoms. The molecular formula is C21H20N4O3. The summed E-state index contributed by atoms with van der Waals surface area (Å²) in [7, 11) is 1.76. The molecule has 7 heteroatoms. The van der Waals surface area contributed by atoms with Crippen LogP contribution in [0.5, 0.6) is 0 Å². The number of rotatable bonds is 6. The van der Waals surface area contributed by atoms with Gasteiger partial charge in [-0.3, -0.25) is 4.79 Å². The molecule has 1 N–H and O–H groups in total. The Morgan fingerprint density at radius 3 is 2.68 bits per heavy atom. The molecule has 1 amide bonds. The van der Waals surface area contributed by atoms with Crippen molar-refractivity contribution < 1.29 is 14.3 Å². The van der Waals surface area contributed by atoms with Gasteiger partial charge in [0.15, 0.2) is 0 Å². The van der Waals surface area contributed by atoms with Gasteiger partial charge in [-0.1, -0.05) is 35.5 Å². The van der Waals surface area contributed by atoms with Crippen LogP contribution in [0.3, 0.4) is 0 Å². The van der Waals surface area contributed by atoms with E-state index in [0.29, 0.717) is 24.3 Å². The number of carbonyl (C=O) groups excluding carboxylic acids is 1. The number of benzene rings is 2. The zero-order valence-electron chi connectivity index (χ0n) is 15.4. The third-order valence-corrected chi connectivity index (χ3v) is 4.51. The molecule has 0 atom stereocenters. The van der Waals surface area contributed by atoms with Crippen LogP contribution in [0.25, 0.3) is 11.0 Å². The highest BCUT2D eigenvalue weighted by molar-refractivity contribution is 5.94. The Labute approximate surface area is 161 Å². The summed E-state index contributed by atoms with van der Waals surface area (Å²) in [5.41, 5.74) is 2.95. The molecule has 0 saturated carbocycles. The van der Waals surface area contributed by atoms with Crippen molar-refractivity contribution in [3.05, 3.63) is 83.4 Å². The van der Waals surface area contributed by atoms with E-state index in [2.05, 4.69) is 10.3 Å². The van der Waals surface area contributed by atoms with Crippen molar-refractivity contribution >= 4 is 16.9 Å². The lowest BCUT2D eigenvalue weighted by molar-refractivity contribution is 0.0776. The van der Waals surface area contributed by atoms with Crippen LogP contribution in [-0.2, 0) is 19.7 Å². The molecule has 2 heterocycles. The van der Waals surface area contributed by atoms with E-state index in [-0.39, 0.29) is 12.5 Å². The lowest BCUT2D eigenvalue weighted by Gasteiger charge is -2.16. The zero-order chi connectivity index (χ0) is 19.5. The van der Waals surface area contributed by atoms with E-state index in [4.69, 9.17) is 9.52 Å². The van der Waals surface area contributed by atoms with Crippen LogP contribution in [0.2, 0.25) is 0 Å². The van der Waals surface area contributed by atoms with E-state index in [1.54, 1.807) is 35.0 Å². The minimum atomic E-state index is -0.134. The lowest BCUT2D eigenvalue weighted by Crippen LogP contribution is -2.25. The first-order valence-electron chi connectivity index (χ1n) is 8.94. The molecule has 0 radical (unpaired) electrons. The molecule has 0 fully saturated rings.